The number of carbonyl (C=O) groups excluding carboxylic acids is 1. The molecule has 1 amide bonds. The molecule has 6 nitrogen and oxygen atoms in total. The number of hydrogen-bond acceptors (Lipinski definition) is 5. The predicted molar refractivity (Wildman–Crippen MR) is 94.4 cm³/mol. The third-order valence-corrected chi connectivity index (χ3v) is 3.87. The lowest BCUT2D eigenvalue weighted by atomic mass is 10.1. The van der Waals surface area contributed by atoms with Gasteiger partial charge in [-0.15, -0.1) is 10.2 Å². The molecule has 1 aromatic heterocycles. The van der Waals surface area contributed by atoms with E-state index in [1.165, 1.54) is 6.39 Å². The molecule has 3 aromatic rings. The summed E-state index contributed by atoms with van der Waals surface area (Å²) in [5, 5.41) is 10.4. The number of aromatic nitrogens is 2. The Kier molecular flexibility index (Phi) is 4.79. The van der Waals surface area contributed by atoms with Crippen LogP contribution in [0.2, 0.25) is 0 Å². The summed E-state index contributed by atoms with van der Waals surface area (Å²) in [6, 6.07) is 13.0. The van der Waals surface area contributed by atoms with Gasteiger partial charge in [0, 0.05) is 11.3 Å². The first-order chi connectivity index (χ1) is 12.0. The summed E-state index contributed by atoms with van der Waals surface area (Å²) in [4.78, 5) is 12.4. The third kappa shape index (κ3) is 3.85. The summed E-state index contributed by atoms with van der Waals surface area (Å²) in [5.41, 5.74) is 3.65. The Labute approximate surface area is 145 Å². The largest absolute Gasteiger partial charge is 0.481 e. The van der Waals surface area contributed by atoms with Crippen molar-refractivity contribution in [2.45, 2.75) is 26.9 Å². The van der Waals surface area contributed by atoms with Crippen molar-refractivity contribution in [3.63, 3.8) is 0 Å². The second-order valence-electron chi connectivity index (χ2n) is 5.78. The number of carbonyl (C=O) groups is 1. The number of nitrogens with one attached hydrogen (secondary N) is 1. The lowest BCUT2D eigenvalue weighted by Gasteiger charge is -2.17. The lowest BCUT2D eigenvalue weighted by molar-refractivity contribution is -0.122. The highest BCUT2D eigenvalue weighted by Crippen LogP contribution is 2.22. The van der Waals surface area contributed by atoms with Gasteiger partial charge in [0.1, 0.15) is 5.75 Å². The first-order valence-electron chi connectivity index (χ1n) is 7.95. The Bertz CT molecular complexity index is 838. The molecule has 0 aliphatic carbocycles. The number of rotatable bonds is 5. The Balaban J connectivity index is 1.65. The average molecular weight is 337 g/mol. The fourth-order valence-corrected chi connectivity index (χ4v) is 2.47. The number of nitrogens with zero attached hydrogens (tertiary/aromatic N) is 2. The molecule has 1 unspecified atom stereocenters. The van der Waals surface area contributed by atoms with Crippen LogP contribution in [0.25, 0.3) is 11.5 Å². The summed E-state index contributed by atoms with van der Waals surface area (Å²) >= 11 is 0. The van der Waals surface area contributed by atoms with Gasteiger partial charge in [-0.2, -0.15) is 0 Å². The zero-order valence-electron chi connectivity index (χ0n) is 14.3. The summed E-state index contributed by atoms with van der Waals surface area (Å²) in [6.45, 7) is 5.64. The van der Waals surface area contributed by atoms with Crippen LogP contribution in [0, 0.1) is 13.8 Å². The van der Waals surface area contributed by atoms with E-state index in [1.807, 2.05) is 32.0 Å². The van der Waals surface area contributed by atoms with Crippen LogP contribution in [0.1, 0.15) is 18.1 Å². The maximum Gasteiger partial charge on any atom is 0.265 e. The van der Waals surface area contributed by atoms with E-state index in [2.05, 4.69) is 15.5 Å². The van der Waals surface area contributed by atoms with Crippen LogP contribution in [-0.4, -0.2) is 22.2 Å². The number of benzene rings is 2. The Morgan fingerprint density at radius 3 is 2.40 bits per heavy atom. The zero-order chi connectivity index (χ0) is 17.8. The molecule has 3 rings (SSSR count). The molecule has 25 heavy (non-hydrogen) atoms. The zero-order valence-corrected chi connectivity index (χ0v) is 14.3. The molecule has 1 heterocycles. The maximum absolute atomic E-state index is 12.4. The SMILES string of the molecule is Cc1cccc(C)c1NC(=O)C(C)Oc1ccc(-c2nnco2)cc1. The Morgan fingerprint density at radius 2 is 1.80 bits per heavy atom. The van der Waals surface area contributed by atoms with Crippen LogP contribution in [0.15, 0.2) is 53.3 Å². The number of ether oxygens (including phenoxy) is 1. The monoisotopic (exact) mass is 337 g/mol. The smallest absolute Gasteiger partial charge is 0.265 e. The van der Waals surface area contributed by atoms with Crippen LogP contribution in [0.4, 0.5) is 5.69 Å². The van der Waals surface area contributed by atoms with E-state index in [4.69, 9.17) is 9.15 Å². The van der Waals surface area contributed by atoms with Gasteiger partial charge < -0.3 is 14.5 Å². The van der Waals surface area contributed by atoms with Crippen LogP contribution in [-0.2, 0) is 4.79 Å². The maximum atomic E-state index is 12.4. The number of anilines is 1. The summed E-state index contributed by atoms with van der Waals surface area (Å²) in [6.07, 6.45) is 0.646. The van der Waals surface area contributed by atoms with Crippen LogP contribution in [0.3, 0.4) is 0 Å². The van der Waals surface area contributed by atoms with Crippen molar-refractivity contribution in [1.82, 2.24) is 10.2 Å². The fraction of sp³-hybridized carbons (Fsp3) is 0.211. The van der Waals surface area contributed by atoms with Crippen LogP contribution >= 0.6 is 0 Å². The van der Waals surface area contributed by atoms with Gasteiger partial charge in [-0.1, -0.05) is 18.2 Å². The minimum Gasteiger partial charge on any atom is -0.481 e. The van der Waals surface area contributed by atoms with Crippen LogP contribution < -0.4 is 10.1 Å². The Hall–Kier alpha value is -3.15. The first kappa shape index (κ1) is 16.7. The highest BCUT2D eigenvalue weighted by atomic mass is 16.5. The molecule has 1 atom stereocenters. The summed E-state index contributed by atoms with van der Waals surface area (Å²) < 4.78 is 10.9. The van der Waals surface area contributed by atoms with Crippen molar-refractivity contribution < 1.29 is 13.9 Å². The minimum absolute atomic E-state index is 0.196. The van der Waals surface area contributed by atoms with Crippen molar-refractivity contribution in [1.29, 1.82) is 0 Å². The number of para-hydroxylation sites is 1. The molecule has 6 heteroatoms. The second-order valence-corrected chi connectivity index (χ2v) is 5.78. The molecule has 0 radical (unpaired) electrons. The quantitative estimate of drug-likeness (QED) is 0.767. The molecule has 2 aromatic carbocycles. The molecule has 0 aliphatic heterocycles. The molecule has 0 aliphatic rings. The van der Waals surface area contributed by atoms with Crippen molar-refractivity contribution in [2.24, 2.45) is 0 Å². The molecular formula is C19H19N3O3. The highest BCUT2D eigenvalue weighted by molar-refractivity contribution is 5.95. The predicted octanol–water partition coefficient (Wildman–Crippen LogP) is 3.76. The van der Waals surface area contributed by atoms with E-state index in [0.717, 1.165) is 22.4 Å². The van der Waals surface area contributed by atoms with E-state index in [0.29, 0.717) is 11.6 Å². The fourth-order valence-electron chi connectivity index (χ4n) is 2.47. The van der Waals surface area contributed by atoms with Gasteiger partial charge in [0.15, 0.2) is 6.10 Å². The van der Waals surface area contributed by atoms with Crippen molar-refractivity contribution in [3.05, 3.63) is 60.0 Å². The van der Waals surface area contributed by atoms with Gasteiger partial charge in [-0.3, -0.25) is 4.79 Å². The molecule has 0 spiro atoms. The topological polar surface area (TPSA) is 77.2 Å². The number of hydrogen-bond donors (Lipinski definition) is 1. The molecule has 0 saturated heterocycles. The normalized spacial score (nSPS) is 11.8. The van der Waals surface area contributed by atoms with E-state index < -0.39 is 6.10 Å². The molecular weight excluding hydrogens is 318 g/mol. The molecule has 0 bridgehead atoms. The van der Waals surface area contributed by atoms with E-state index in [1.54, 1.807) is 31.2 Å². The van der Waals surface area contributed by atoms with E-state index in [9.17, 15) is 4.79 Å². The summed E-state index contributed by atoms with van der Waals surface area (Å²) in [7, 11) is 0. The van der Waals surface area contributed by atoms with Gasteiger partial charge in [0.05, 0.1) is 0 Å². The molecule has 1 N–H and O–H groups in total. The van der Waals surface area contributed by atoms with Gasteiger partial charge in [-0.05, 0) is 56.2 Å². The van der Waals surface area contributed by atoms with Gasteiger partial charge in [0.25, 0.3) is 5.91 Å². The average Bonchev–Trinajstić information content (AvgIpc) is 3.13. The van der Waals surface area contributed by atoms with Gasteiger partial charge in [0.2, 0.25) is 12.3 Å². The summed E-state index contributed by atoms with van der Waals surface area (Å²) in [5.74, 6) is 0.832. The van der Waals surface area contributed by atoms with Crippen molar-refractivity contribution in [2.75, 3.05) is 5.32 Å². The van der Waals surface area contributed by atoms with Crippen molar-refractivity contribution in [3.8, 4) is 17.2 Å². The molecule has 0 fully saturated rings. The lowest BCUT2D eigenvalue weighted by Crippen LogP contribution is -2.30. The van der Waals surface area contributed by atoms with Crippen molar-refractivity contribution >= 4 is 11.6 Å². The minimum atomic E-state index is -0.631. The van der Waals surface area contributed by atoms with Crippen LogP contribution in [0.5, 0.6) is 5.75 Å². The number of amides is 1. The second kappa shape index (κ2) is 7.17. The molecule has 128 valence electrons. The highest BCUT2D eigenvalue weighted by Gasteiger charge is 2.17. The third-order valence-electron chi connectivity index (χ3n) is 3.87. The van der Waals surface area contributed by atoms with Gasteiger partial charge in [-0.25, -0.2) is 0 Å². The molecule has 0 saturated carbocycles. The van der Waals surface area contributed by atoms with E-state index >= 15 is 0 Å². The van der Waals surface area contributed by atoms with Gasteiger partial charge >= 0.3 is 0 Å². The standard InChI is InChI=1S/C19H19N3O3/c1-12-5-4-6-13(2)17(12)21-18(23)14(3)25-16-9-7-15(8-10-16)19-22-20-11-24-19/h4-11,14H,1-3H3,(H,21,23). The first-order valence-corrected chi connectivity index (χ1v) is 7.95. The van der Waals surface area contributed by atoms with E-state index in [-0.39, 0.29) is 5.91 Å². The Morgan fingerprint density at radius 1 is 1.12 bits per heavy atom. The number of aryl methyl sites for hydroxylation is 2.